The summed E-state index contributed by atoms with van der Waals surface area (Å²) in [6.07, 6.45) is 7.40. The van der Waals surface area contributed by atoms with Gasteiger partial charge in [-0.2, -0.15) is 0 Å². The molecule has 0 radical (unpaired) electrons. The van der Waals surface area contributed by atoms with Crippen molar-refractivity contribution in [2.45, 2.75) is 89.5 Å². The molecule has 1 N–H and O–H groups in total. The minimum atomic E-state index is -1.13. The van der Waals surface area contributed by atoms with Gasteiger partial charge in [-0.1, -0.05) is 45.8 Å². The highest BCUT2D eigenvalue weighted by Gasteiger charge is 2.79. The average molecular weight is 505 g/mol. The van der Waals surface area contributed by atoms with Gasteiger partial charge < -0.3 is 24.4 Å². The van der Waals surface area contributed by atoms with Crippen LogP contribution in [-0.2, 0) is 23.9 Å². The van der Waals surface area contributed by atoms with Crippen molar-refractivity contribution < 1.29 is 29.0 Å². The Balaban J connectivity index is 2.09. The second-order valence-electron chi connectivity index (χ2n) is 10.8. The van der Waals surface area contributed by atoms with Crippen molar-refractivity contribution in [2.24, 2.45) is 17.8 Å². The van der Waals surface area contributed by atoms with Crippen molar-refractivity contribution in [1.82, 2.24) is 9.80 Å². The highest BCUT2D eigenvalue weighted by atomic mass is 16.6. The molecule has 3 heterocycles. The fourth-order valence-corrected chi connectivity index (χ4v) is 6.47. The number of aliphatic hydroxyl groups excluding tert-OH is 1. The summed E-state index contributed by atoms with van der Waals surface area (Å²) in [6, 6.07) is -1.47. The molecule has 3 saturated heterocycles. The van der Waals surface area contributed by atoms with Crippen LogP contribution in [0.5, 0.6) is 0 Å². The van der Waals surface area contributed by atoms with Crippen LogP contribution in [0.15, 0.2) is 25.3 Å². The van der Waals surface area contributed by atoms with Gasteiger partial charge in [-0.25, -0.2) is 0 Å². The number of unbranched alkanes of at least 4 members (excludes halogenated alkanes) is 1. The van der Waals surface area contributed by atoms with Crippen molar-refractivity contribution in [3.05, 3.63) is 25.3 Å². The van der Waals surface area contributed by atoms with E-state index in [9.17, 15) is 19.5 Å². The molecule has 2 bridgehead atoms. The van der Waals surface area contributed by atoms with Crippen molar-refractivity contribution in [3.8, 4) is 0 Å². The number of esters is 1. The average Bonchev–Trinajstić information content (AvgIpc) is 3.43. The van der Waals surface area contributed by atoms with Crippen LogP contribution in [-0.4, -0.2) is 82.3 Å². The lowest BCUT2D eigenvalue weighted by atomic mass is 9.66. The maximum atomic E-state index is 14.2. The summed E-state index contributed by atoms with van der Waals surface area (Å²) in [5.41, 5.74) is -2.01. The zero-order valence-electron chi connectivity index (χ0n) is 22.4. The molecule has 0 aromatic heterocycles. The lowest BCUT2D eigenvalue weighted by molar-refractivity contribution is -0.162. The zero-order chi connectivity index (χ0) is 26.7. The van der Waals surface area contributed by atoms with Crippen LogP contribution >= 0.6 is 0 Å². The van der Waals surface area contributed by atoms with E-state index in [1.807, 2.05) is 20.8 Å². The molecule has 1 spiro atoms. The molecule has 2 amide bonds. The van der Waals surface area contributed by atoms with Crippen molar-refractivity contribution in [3.63, 3.8) is 0 Å². The first-order chi connectivity index (χ1) is 17.2. The molecule has 3 aliphatic rings. The maximum Gasteiger partial charge on any atom is 0.312 e. The molecule has 0 saturated carbocycles. The predicted octanol–water partition coefficient (Wildman–Crippen LogP) is 3.09. The summed E-state index contributed by atoms with van der Waals surface area (Å²) in [7, 11) is 0. The molecule has 2 unspecified atom stereocenters. The van der Waals surface area contributed by atoms with Crippen molar-refractivity contribution in [1.29, 1.82) is 0 Å². The van der Waals surface area contributed by atoms with Crippen LogP contribution in [0.25, 0.3) is 0 Å². The van der Waals surface area contributed by atoms with Gasteiger partial charge >= 0.3 is 5.97 Å². The van der Waals surface area contributed by atoms with Crippen molar-refractivity contribution >= 4 is 17.8 Å². The van der Waals surface area contributed by atoms with Crippen LogP contribution in [0, 0.1) is 17.8 Å². The molecular weight excluding hydrogens is 460 g/mol. The summed E-state index contributed by atoms with van der Waals surface area (Å²) in [5, 5.41) is 10.4. The van der Waals surface area contributed by atoms with E-state index in [0.717, 1.165) is 19.3 Å². The van der Waals surface area contributed by atoms with Gasteiger partial charge in [-0.3, -0.25) is 14.4 Å². The van der Waals surface area contributed by atoms with Crippen LogP contribution < -0.4 is 0 Å². The molecule has 0 aliphatic carbocycles. The molecule has 36 heavy (non-hydrogen) atoms. The third kappa shape index (κ3) is 4.62. The van der Waals surface area contributed by atoms with E-state index < -0.39 is 41.1 Å². The Morgan fingerprint density at radius 3 is 2.61 bits per heavy atom. The quantitative estimate of drug-likeness (QED) is 0.222. The number of amides is 2. The van der Waals surface area contributed by atoms with Crippen LogP contribution in [0.1, 0.15) is 66.2 Å². The highest BCUT2D eigenvalue weighted by molar-refractivity contribution is 5.98. The van der Waals surface area contributed by atoms with E-state index in [1.165, 1.54) is 0 Å². The third-order valence-electron chi connectivity index (χ3n) is 8.56. The summed E-state index contributed by atoms with van der Waals surface area (Å²) in [6.45, 7) is 16.2. The minimum Gasteiger partial charge on any atom is -0.465 e. The Hall–Kier alpha value is -2.19. The molecule has 0 aromatic rings. The van der Waals surface area contributed by atoms with Gasteiger partial charge in [0, 0.05) is 13.1 Å². The van der Waals surface area contributed by atoms with Crippen LogP contribution in [0.2, 0.25) is 0 Å². The standard InChI is InChI=1S/C28H44N2O6/c1-7-11-16-29(15-9-3)25(33)23-28-14-13-27(6,36-28)22(26(34)35-17-12-8-2)21(28)24(32)30(23)20(18-31)19(5)10-4/h8-9,19-23,31H,2-3,7,10-18H2,1,4-6H3/t19-,20-,21-,22-,23?,27+,28?/m0/s1. The topological polar surface area (TPSA) is 96.4 Å². The Bertz CT molecular complexity index is 861. The number of carbonyl (C=O) groups is 3. The number of hydrogen-bond donors (Lipinski definition) is 1. The molecule has 0 aromatic carbocycles. The lowest BCUT2D eigenvalue weighted by Crippen LogP contribution is -2.60. The van der Waals surface area contributed by atoms with Crippen LogP contribution in [0.4, 0.5) is 0 Å². The largest absolute Gasteiger partial charge is 0.465 e. The SMILES string of the molecule is C=CCCOC(=O)[C@@H]1[C@H]2C(=O)N([C@@H](CO)[C@@H](C)CC)C(C(=O)N(CC=C)CCCC)C23CC[C@@]1(C)O3. The molecule has 3 aliphatic heterocycles. The van der Waals surface area contributed by atoms with E-state index in [0.29, 0.717) is 32.4 Å². The fraction of sp³-hybridized carbons (Fsp3) is 0.750. The molecule has 3 rings (SSSR count). The summed E-state index contributed by atoms with van der Waals surface area (Å²) in [4.78, 5) is 45.1. The maximum absolute atomic E-state index is 14.2. The smallest absolute Gasteiger partial charge is 0.312 e. The molecule has 7 atom stereocenters. The first-order valence-corrected chi connectivity index (χ1v) is 13.5. The second kappa shape index (κ2) is 11.5. The summed E-state index contributed by atoms with van der Waals surface area (Å²) < 4.78 is 12.2. The third-order valence-corrected chi connectivity index (χ3v) is 8.56. The number of likely N-dealkylation sites (tertiary alicyclic amines) is 1. The Morgan fingerprint density at radius 2 is 2.03 bits per heavy atom. The predicted molar refractivity (Wildman–Crippen MR) is 137 cm³/mol. The van der Waals surface area contributed by atoms with E-state index in [-0.39, 0.29) is 30.9 Å². The van der Waals surface area contributed by atoms with Crippen LogP contribution in [0.3, 0.4) is 0 Å². The second-order valence-corrected chi connectivity index (χ2v) is 10.8. The zero-order valence-corrected chi connectivity index (χ0v) is 22.4. The van der Waals surface area contributed by atoms with Crippen molar-refractivity contribution in [2.75, 3.05) is 26.3 Å². The summed E-state index contributed by atoms with van der Waals surface area (Å²) in [5.74, 6) is -2.63. The van der Waals surface area contributed by atoms with E-state index >= 15 is 0 Å². The molecule has 202 valence electrons. The van der Waals surface area contributed by atoms with E-state index in [4.69, 9.17) is 9.47 Å². The lowest BCUT2D eigenvalue weighted by Gasteiger charge is -2.41. The minimum absolute atomic E-state index is 0.0428. The van der Waals surface area contributed by atoms with Gasteiger partial charge in [0.15, 0.2) is 0 Å². The molecular formula is C28H44N2O6. The number of fused-ring (bicyclic) bond motifs is 1. The molecule has 8 nitrogen and oxygen atoms in total. The monoisotopic (exact) mass is 504 g/mol. The van der Waals surface area contributed by atoms with E-state index in [1.54, 1.807) is 22.0 Å². The van der Waals surface area contributed by atoms with Gasteiger partial charge in [0.05, 0.1) is 30.8 Å². The van der Waals surface area contributed by atoms with Gasteiger partial charge in [0.2, 0.25) is 11.8 Å². The number of hydrogen-bond acceptors (Lipinski definition) is 6. The fourth-order valence-electron chi connectivity index (χ4n) is 6.47. The first-order valence-electron chi connectivity index (χ1n) is 13.5. The van der Waals surface area contributed by atoms with Gasteiger partial charge in [-0.15, -0.1) is 13.2 Å². The molecule has 8 heteroatoms. The molecule has 3 fully saturated rings. The Kier molecular flexibility index (Phi) is 9.04. The van der Waals surface area contributed by atoms with Gasteiger partial charge in [0.1, 0.15) is 17.6 Å². The van der Waals surface area contributed by atoms with Gasteiger partial charge in [0.25, 0.3) is 0 Å². The first kappa shape index (κ1) is 28.4. The Morgan fingerprint density at radius 1 is 1.31 bits per heavy atom. The normalized spacial score (nSPS) is 32.2. The number of ether oxygens (including phenoxy) is 2. The number of aliphatic hydroxyl groups is 1. The Labute approximate surface area is 215 Å². The summed E-state index contributed by atoms with van der Waals surface area (Å²) >= 11 is 0. The number of nitrogens with zero attached hydrogens (tertiary/aromatic N) is 2. The van der Waals surface area contributed by atoms with Gasteiger partial charge in [-0.05, 0) is 38.5 Å². The highest BCUT2D eigenvalue weighted by Crippen LogP contribution is 2.64. The number of carbonyl (C=O) groups excluding carboxylic acids is 3. The number of rotatable bonds is 14. The van der Waals surface area contributed by atoms with E-state index in [2.05, 4.69) is 20.1 Å².